The Labute approximate surface area is 240 Å². The molecule has 0 saturated heterocycles. The quantitative estimate of drug-likeness (QED) is 0.122. The molecule has 0 saturated carbocycles. The topological polar surface area (TPSA) is 176 Å². The number of esters is 2. The second-order valence-electron chi connectivity index (χ2n) is 9.78. The van der Waals surface area contributed by atoms with Gasteiger partial charge < -0.3 is 19.5 Å². The lowest BCUT2D eigenvalue weighted by atomic mass is 9.95. The van der Waals surface area contributed by atoms with Crippen LogP contribution in [-0.2, 0) is 9.59 Å². The summed E-state index contributed by atoms with van der Waals surface area (Å²) < 4.78 is 15.5. The van der Waals surface area contributed by atoms with E-state index in [4.69, 9.17) is 14.2 Å². The van der Waals surface area contributed by atoms with E-state index in [1.54, 1.807) is 32.9 Å². The standard InChI is InChI=1S/C29H28N4O9/c1-17(34)41-23-14-11-19(15-24(23)40-5)27(36)42-25-20(7-6-8-22(25)33(38)39)16-30-32-26(35)18-9-12-21(13-10-18)31-28(37)29(2,3)4/h6-16H,1-5H3,(H,31,37)(H,32,35)/b30-16+. The van der Waals surface area contributed by atoms with E-state index in [9.17, 15) is 29.3 Å². The third-order valence-corrected chi connectivity index (χ3v) is 5.53. The molecule has 0 unspecified atom stereocenters. The number of ether oxygens (including phenoxy) is 3. The minimum absolute atomic E-state index is 0.0292. The number of hydrazone groups is 1. The van der Waals surface area contributed by atoms with Gasteiger partial charge in [0.05, 0.1) is 23.8 Å². The van der Waals surface area contributed by atoms with E-state index in [1.165, 1.54) is 56.5 Å². The number of carbonyl (C=O) groups is 4. The Kier molecular flexibility index (Phi) is 9.71. The van der Waals surface area contributed by atoms with Crippen molar-refractivity contribution in [1.29, 1.82) is 0 Å². The number of anilines is 1. The first-order chi connectivity index (χ1) is 19.8. The van der Waals surface area contributed by atoms with Crippen LogP contribution in [0.2, 0.25) is 0 Å². The Morgan fingerprint density at radius 3 is 2.19 bits per heavy atom. The average molecular weight is 577 g/mol. The summed E-state index contributed by atoms with van der Waals surface area (Å²) in [4.78, 5) is 59.8. The molecule has 2 amide bonds. The first-order valence-electron chi connectivity index (χ1n) is 12.4. The molecular weight excluding hydrogens is 548 g/mol. The molecule has 13 heteroatoms. The van der Waals surface area contributed by atoms with Crippen molar-refractivity contribution in [2.45, 2.75) is 27.7 Å². The third kappa shape index (κ3) is 7.97. The van der Waals surface area contributed by atoms with Gasteiger partial charge in [0.25, 0.3) is 5.91 Å². The van der Waals surface area contributed by atoms with Gasteiger partial charge in [0.15, 0.2) is 11.5 Å². The number of nitro benzene ring substituents is 1. The number of hydrogen-bond acceptors (Lipinski definition) is 10. The number of benzene rings is 3. The molecule has 3 aromatic rings. The van der Waals surface area contributed by atoms with Gasteiger partial charge in [0.2, 0.25) is 11.7 Å². The van der Waals surface area contributed by atoms with Crippen molar-refractivity contribution in [2.24, 2.45) is 10.5 Å². The molecule has 3 aromatic carbocycles. The van der Waals surface area contributed by atoms with Crippen LogP contribution in [0.25, 0.3) is 0 Å². The fourth-order valence-electron chi connectivity index (χ4n) is 3.33. The molecule has 3 rings (SSSR count). The summed E-state index contributed by atoms with van der Waals surface area (Å²) in [6.07, 6.45) is 1.09. The van der Waals surface area contributed by atoms with E-state index in [1.807, 2.05) is 0 Å². The van der Waals surface area contributed by atoms with Gasteiger partial charge in [0, 0.05) is 35.2 Å². The summed E-state index contributed by atoms with van der Waals surface area (Å²) in [7, 11) is 1.31. The highest BCUT2D eigenvalue weighted by molar-refractivity contribution is 5.98. The van der Waals surface area contributed by atoms with Gasteiger partial charge in [-0.25, -0.2) is 10.2 Å². The Balaban J connectivity index is 1.78. The second kappa shape index (κ2) is 13.2. The molecule has 0 aliphatic rings. The number of carbonyl (C=O) groups excluding carboxylic acids is 4. The zero-order valence-corrected chi connectivity index (χ0v) is 23.4. The van der Waals surface area contributed by atoms with Gasteiger partial charge in [-0.1, -0.05) is 26.8 Å². The van der Waals surface area contributed by atoms with Crippen LogP contribution < -0.4 is 25.0 Å². The molecule has 0 bridgehead atoms. The molecule has 13 nitrogen and oxygen atoms in total. The molecule has 0 atom stereocenters. The van der Waals surface area contributed by atoms with E-state index in [0.717, 1.165) is 12.3 Å². The molecular formula is C29H28N4O9. The highest BCUT2D eigenvalue weighted by Crippen LogP contribution is 2.32. The normalized spacial score (nSPS) is 11.0. The smallest absolute Gasteiger partial charge is 0.343 e. The van der Waals surface area contributed by atoms with Gasteiger partial charge in [-0.2, -0.15) is 5.10 Å². The van der Waals surface area contributed by atoms with Gasteiger partial charge in [0.1, 0.15) is 0 Å². The van der Waals surface area contributed by atoms with Gasteiger partial charge in [-0.15, -0.1) is 0 Å². The molecule has 0 aliphatic heterocycles. The summed E-state index contributed by atoms with van der Waals surface area (Å²) in [6, 6.07) is 13.9. The Morgan fingerprint density at radius 2 is 1.60 bits per heavy atom. The minimum Gasteiger partial charge on any atom is -0.493 e. The van der Waals surface area contributed by atoms with Gasteiger partial charge in [-0.3, -0.25) is 24.5 Å². The number of nitro groups is 1. The lowest BCUT2D eigenvalue weighted by Gasteiger charge is -2.17. The summed E-state index contributed by atoms with van der Waals surface area (Å²) in [5.74, 6) is -2.61. The highest BCUT2D eigenvalue weighted by Gasteiger charge is 2.24. The molecule has 0 aromatic heterocycles. The van der Waals surface area contributed by atoms with Gasteiger partial charge >= 0.3 is 17.6 Å². The number of amides is 2. The molecule has 0 fully saturated rings. The van der Waals surface area contributed by atoms with Crippen molar-refractivity contribution in [2.75, 3.05) is 12.4 Å². The van der Waals surface area contributed by atoms with E-state index in [0.29, 0.717) is 5.69 Å². The molecule has 2 N–H and O–H groups in total. The second-order valence-corrected chi connectivity index (χ2v) is 9.78. The number of hydrogen-bond donors (Lipinski definition) is 2. The van der Waals surface area contributed by atoms with Crippen LogP contribution in [0.15, 0.2) is 65.8 Å². The van der Waals surface area contributed by atoms with Crippen molar-refractivity contribution in [3.05, 3.63) is 87.5 Å². The average Bonchev–Trinajstić information content (AvgIpc) is 2.93. The van der Waals surface area contributed by atoms with Gasteiger partial charge in [-0.05, 0) is 48.5 Å². The number of methoxy groups -OCH3 is 1. The monoisotopic (exact) mass is 576 g/mol. The Morgan fingerprint density at radius 1 is 0.929 bits per heavy atom. The van der Waals surface area contributed by atoms with E-state index < -0.39 is 39.6 Å². The lowest BCUT2D eigenvalue weighted by molar-refractivity contribution is -0.385. The maximum Gasteiger partial charge on any atom is 0.343 e. The van der Waals surface area contributed by atoms with Crippen LogP contribution in [0.4, 0.5) is 11.4 Å². The molecule has 0 heterocycles. The molecule has 42 heavy (non-hydrogen) atoms. The third-order valence-electron chi connectivity index (χ3n) is 5.53. The SMILES string of the molecule is COc1cc(C(=O)Oc2c(/C=N/NC(=O)c3ccc(NC(=O)C(C)(C)C)cc3)cccc2[N+](=O)[O-])ccc1OC(C)=O. The molecule has 218 valence electrons. The van der Waals surface area contributed by atoms with Crippen LogP contribution in [0.3, 0.4) is 0 Å². The minimum atomic E-state index is -0.964. The number of nitrogens with zero attached hydrogens (tertiary/aromatic N) is 2. The van der Waals surface area contributed by atoms with E-state index in [-0.39, 0.29) is 34.1 Å². The lowest BCUT2D eigenvalue weighted by Crippen LogP contribution is -2.27. The van der Waals surface area contributed by atoms with Crippen LogP contribution in [-0.4, -0.2) is 42.0 Å². The summed E-state index contributed by atoms with van der Waals surface area (Å²) in [5.41, 5.74) is 1.93. The van der Waals surface area contributed by atoms with Crippen molar-refractivity contribution in [1.82, 2.24) is 5.43 Å². The van der Waals surface area contributed by atoms with Crippen molar-refractivity contribution < 1.29 is 38.3 Å². The predicted octanol–water partition coefficient (Wildman–Crippen LogP) is 4.50. The van der Waals surface area contributed by atoms with Crippen LogP contribution in [0.1, 0.15) is 54.0 Å². The maximum atomic E-state index is 12.9. The van der Waals surface area contributed by atoms with E-state index in [2.05, 4.69) is 15.8 Å². The predicted molar refractivity (Wildman–Crippen MR) is 152 cm³/mol. The number of rotatable bonds is 9. The van der Waals surface area contributed by atoms with Crippen LogP contribution in [0, 0.1) is 15.5 Å². The number of para-hydroxylation sites is 1. The van der Waals surface area contributed by atoms with Crippen molar-refractivity contribution in [3.63, 3.8) is 0 Å². The molecule has 0 spiro atoms. The largest absolute Gasteiger partial charge is 0.493 e. The number of nitrogens with one attached hydrogen (secondary N) is 2. The molecule has 0 radical (unpaired) electrons. The Hall–Kier alpha value is -5.59. The van der Waals surface area contributed by atoms with E-state index >= 15 is 0 Å². The summed E-state index contributed by atoms with van der Waals surface area (Å²) >= 11 is 0. The zero-order valence-electron chi connectivity index (χ0n) is 23.4. The summed E-state index contributed by atoms with van der Waals surface area (Å²) in [6.45, 7) is 6.53. The first-order valence-corrected chi connectivity index (χ1v) is 12.4. The fourth-order valence-corrected chi connectivity index (χ4v) is 3.33. The van der Waals surface area contributed by atoms with Crippen molar-refractivity contribution >= 4 is 41.3 Å². The highest BCUT2D eigenvalue weighted by atomic mass is 16.6. The Bertz CT molecular complexity index is 1560. The van der Waals surface area contributed by atoms with Crippen LogP contribution in [0.5, 0.6) is 17.2 Å². The first kappa shape index (κ1) is 30.9. The fraction of sp³-hybridized carbons (Fsp3) is 0.207. The molecule has 0 aliphatic carbocycles. The zero-order chi connectivity index (χ0) is 31.0. The summed E-state index contributed by atoms with van der Waals surface area (Å²) in [5, 5.41) is 18.3. The van der Waals surface area contributed by atoms with Crippen LogP contribution >= 0.6 is 0 Å². The van der Waals surface area contributed by atoms with Crippen molar-refractivity contribution in [3.8, 4) is 17.2 Å². The maximum absolute atomic E-state index is 12.9.